The van der Waals surface area contributed by atoms with Crippen molar-refractivity contribution in [2.45, 2.75) is 31.7 Å². The Balaban J connectivity index is 3.34. The highest BCUT2D eigenvalue weighted by Crippen LogP contribution is 2.04. The Morgan fingerprint density at radius 2 is 2.09 bits per heavy atom. The summed E-state index contributed by atoms with van der Waals surface area (Å²) in [6, 6.07) is 0.604. The fraction of sp³-hybridized carbons (Fsp3) is 0.600. The van der Waals surface area contributed by atoms with Gasteiger partial charge in [-0.15, -0.1) is 13.2 Å². The highest BCUT2D eigenvalue weighted by Gasteiger charge is 2.00. The average molecular weight is 153 g/mol. The van der Waals surface area contributed by atoms with Crippen LogP contribution in [-0.4, -0.2) is 13.1 Å². The van der Waals surface area contributed by atoms with Crippen LogP contribution in [-0.2, 0) is 0 Å². The lowest BCUT2D eigenvalue weighted by molar-refractivity contribution is 0.512. The van der Waals surface area contributed by atoms with Gasteiger partial charge in [0.2, 0.25) is 0 Å². The fourth-order valence-electron chi connectivity index (χ4n) is 1.09. The third-order valence-electron chi connectivity index (χ3n) is 1.82. The molecule has 0 amide bonds. The molecule has 0 saturated heterocycles. The Kier molecular flexibility index (Phi) is 7.16. The molecule has 0 aliphatic heterocycles. The third kappa shape index (κ3) is 5.86. The van der Waals surface area contributed by atoms with Gasteiger partial charge in [0.1, 0.15) is 0 Å². The predicted molar refractivity (Wildman–Crippen MR) is 51.7 cm³/mol. The molecule has 0 spiro atoms. The van der Waals surface area contributed by atoms with E-state index in [1.807, 2.05) is 19.2 Å². The van der Waals surface area contributed by atoms with Gasteiger partial charge >= 0.3 is 0 Å². The lowest BCUT2D eigenvalue weighted by Crippen LogP contribution is -2.23. The molecule has 0 aromatic rings. The second-order valence-electron chi connectivity index (χ2n) is 2.73. The Labute approximate surface area is 70.2 Å². The summed E-state index contributed by atoms with van der Waals surface area (Å²) in [4.78, 5) is 0. The van der Waals surface area contributed by atoms with E-state index < -0.39 is 0 Å². The topological polar surface area (TPSA) is 12.0 Å². The van der Waals surface area contributed by atoms with Crippen LogP contribution < -0.4 is 5.32 Å². The number of nitrogens with one attached hydrogen (secondary N) is 1. The van der Waals surface area contributed by atoms with E-state index in [-0.39, 0.29) is 0 Å². The zero-order chi connectivity index (χ0) is 8.53. The molecule has 0 rings (SSSR count). The van der Waals surface area contributed by atoms with Gasteiger partial charge in [-0.05, 0) is 32.7 Å². The van der Waals surface area contributed by atoms with Gasteiger partial charge in [0.15, 0.2) is 0 Å². The molecule has 0 aliphatic rings. The molecule has 1 N–H and O–H groups in total. The number of allylic oxidation sites excluding steroid dienone is 1. The number of hydrogen-bond donors (Lipinski definition) is 1. The smallest absolute Gasteiger partial charge is 0.00985 e. The van der Waals surface area contributed by atoms with Crippen molar-refractivity contribution in [3.05, 3.63) is 25.3 Å². The molecule has 0 radical (unpaired) electrons. The molecular formula is C10H19N. The van der Waals surface area contributed by atoms with Crippen molar-refractivity contribution < 1.29 is 0 Å². The molecule has 11 heavy (non-hydrogen) atoms. The first kappa shape index (κ1) is 10.4. The molecule has 1 nitrogen and oxygen atoms in total. The van der Waals surface area contributed by atoms with Gasteiger partial charge in [0, 0.05) is 6.04 Å². The number of unbranched alkanes of at least 4 members (excludes halogenated alkanes) is 1. The van der Waals surface area contributed by atoms with Crippen molar-refractivity contribution in [2.24, 2.45) is 0 Å². The van der Waals surface area contributed by atoms with Crippen molar-refractivity contribution in [1.29, 1.82) is 0 Å². The lowest BCUT2D eigenvalue weighted by atomic mass is 10.1. The minimum absolute atomic E-state index is 0.604. The van der Waals surface area contributed by atoms with E-state index in [4.69, 9.17) is 0 Å². The van der Waals surface area contributed by atoms with Crippen molar-refractivity contribution in [3.63, 3.8) is 0 Å². The Bertz CT molecular complexity index is 107. The summed E-state index contributed by atoms with van der Waals surface area (Å²) in [6.07, 6.45) is 8.57. The van der Waals surface area contributed by atoms with Gasteiger partial charge in [-0.3, -0.25) is 0 Å². The molecule has 64 valence electrons. The summed E-state index contributed by atoms with van der Waals surface area (Å²) in [7, 11) is 2.00. The van der Waals surface area contributed by atoms with Crippen LogP contribution in [0.25, 0.3) is 0 Å². The first-order chi connectivity index (χ1) is 5.35. The molecule has 0 bridgehead atoms. The molecule has 0 aliphatic carbocycles. The average Bonchev–Trinajstić information content (AvgIpc) is 2.03. The summed E-state index contributed by atoms with van der Waals surface area (Å²) in [5.74, 6) is 0. The zero-order valence-corrected chi connectivity index (χ0v) is 7.47. The minimum atomic E-state index is 0.604. The summed E-state index contributed by atoms with van der Waals surface area (Å²) in [5, 5.41) is 3.26. The monoisotopic (exact) mass is 153 g/mol. The van der Waals surface area contributed by atoms with Crippen LogP contribution in [0.15, 0.2) is 25.3 Å². The molecule has 0 aromatic heterocycles. The van der Waals surface area contributed by atoms with Gasteiger partial charge in [-0.25, -0.2) is 0 Å². The Morgan fingerprint density at radius 1 is 1.36 bits per heavy atom. The molecule has 1 atom stereocenters. The first-order valence-corrected chi connectivity index (χ1v) is 4.24. The van der Waals surface area contributed by atoms with E-state index in [9.17, 15) is 0 Å². The van der Waals surface area contributed by atoms with Gasteiger partial charge in [0.05, 0.1) is 0 Å². The van der Waals surface area contributed by atoms with E-state index in [1.165, 1.54) is 12.8 Å². The normalized spacial score (nSPS) is 12.5. The molecule has 0 aromatic carbocycles. The summed E-state index contributed by atoms with van der Waals surface area (Å²) >= 11 is 0. The van der Waals surface area contributed by atoms with Crippen LogP contribution in [0, 0.1) is 0 Å². The van der Waals surface area contributed by atoms with Crippen LogP contribution in [0.5, 0.6) is 0 Å². The van der Waals surface area contributed by atoms with Gasteiger partial charge < -0.3 is 5.32 Å². The summed E-state index contributed by atoms with van der Waals surface area (Å²) in [5.41, 5.74) is 0. The molecule has 0 fully saturated rings. The van der Waals surface area contributed by atoms with Crippen LogP contribution >= 0.6 is 0 Å². The minimum Gasteiger partial charge on any atom is -0.317 e. The molecular weight excluding hydrogens is 134 g/mol. The largest absolute Gasteiger partial charge is 0.317 e. The van der Waals surface area contributed by atoms with Crippen molar-refractivity contribution in [3.8, 4) is 0 Å². The third-order valence-corrected chi connectivity index (χ3v) is 1.82. The van der Waals surface area contributed by atoms with Gasteiger partial charge in [0.25, 0.3) is 0 Å². The maximum atomic E-state index is 3.72. The molecule has 1 unspecified atom stereocenters. The fourth-order valence-corrected chi connectivity index (χ4v) is 1.09. The maximum absolute atomic E-state index is 3.72. The highest BCUT2D eigenvalue weighted by atomic mass is 14.9. The number of rotatable bonds is 7. The molecule has 0 saturated carbocycles. The van der Waals surface area contributed by atoms with Crippen LogP contribution in [0.4, 0.5) is 0 Å². The summed E-state index contributed by atoms with van der Waals surface area (Å²) in [6.45, 7) is 7.41. The quantitative estimate of drug-likeness (QED) is 0.438. The lowest BCUT2D eigenvalue weighted by Gasteiger charge is -2.12. The van der Waals surface area contributed by atoms with E-state index >= 15 is 0 Å². The predicted octanol–water partition coefficient (Wildman–Crippen LogP) is 2.51. The zero-order valence-electron chi connectivity index (χ0n) is 7.47. The number of hydrogen-bond acceptors (Lipinski definition) is 1. The van der Waals surface area contributed by atoms with Crippen LogP contribution in [0.3, 0.4) is 0 Å². The molecule has 1 heteroatoms. The van der Waals surface area contributed by atoms with Crippen molar-refractivity contribution in [2.75, 3.05) is 7.05 Å². The SMILES string of the molecule is C=CCCCC(CC=C)NC. The van der Waals surface area contributed by atoms with Gasteiger partial charge in [-0.1, -0.05) is 12.2 Å². The van der Waals surface area contributed by atoms with E-state index in [2.05, 4.69) is 18.5 Å². The van der Waals surface area contributed by atoms with E-state index in [0.717, 1.165) is 12.8 Å². The van der Waals surface area contributed by atoms with E-state index in [1.54, 1.807) is 0 Å². The van der Waals surface area contributed by atoms with Crippen molar-refractivity contribution >= 4 is 0 Å². The Hall–Kier alpha value is -0.560. The second-order valence-corrected chi connectivity index (χ2v) is 2.73. The maximum Gasteiger partial charge on any atom is 0.00985 e. The standard InChI is InChI=1S/C10H19N/c1-4-6-7-9-10(11-3)8-5-2/h4-5,10-11H,1-2,6-9H2,3H3. The highest BCUT2D eigenvalue weighted by molar-refractivity contribution is 4.78. The van der Waals surface area contributed by atoms with Crippen molar-refractivity contribution in [1.82, 2.24) is 5.32 Å². The molecule has 0 heterocycles. The first-order valence-electron chi connectivity index (χ1n) is 4.24. The Morgan fingerprint density at radius 3 is 2.55 bits per heavy atom. The summed E-state index contributed by atoms with van der Waals surface area (Å²) < 4.78 is 0. The van der Waals surface area contributed by atoms with Crippen LogP contribution in [0.1, 0.15) is 25.7 Å². The van der Waals surface area contributed by atoms with Crippen LogP contribution in [0.2, 0.25) is 0 Å². The van der Waals surface area contributed by atoms with Gasteiger partial charge in [-0.2, -0.15) is 0 Å². The second kappa shape index (κ2) is 7.55. The van der Waals surface area contributed by atoms with E-state index in [0.29, 0.717) is 6.04 Å².